The van der Waals surface area contributed by atoms with Crippen molar-refractivity contribution in [2.45, 2.75) is 51.2 Å². The highest BCUT2D eigenvalue weighted by molar-refractivity contribution is 5.97. The number of anilines is 2. The Labute approximate surface area is 253 Å². The zero-order valence-electron chi connectivity index (χ0n) is 24.9. The molecule has 3 aliphatic rings. The van der Waals surface area contributed by atoms with Gasteiger partial charge in [0.1, 0.15) is 11.9 Å². The highest BCUT2D eigenvalue weighted by Crippen LogP contribution is 2.36. The van der Waals surface area contributed by atoms with Crippen LogP contribution in [0.3, 0.4) is 0 Å². The summed E-state index contributed by atoms with van der Waals surface area (Å²) in [7, 11) is 2.08. The fourth-order valence-corrected chi connectivity index (χ4v) is 6.64. The number of nitrogens with zero attached hydrogens (tertiary/aromatic N) is 7. The number of aryl methyl sites for hydroxylation is 1. The van der Waals surface area contributed by atoms with Crippen LogP contribution in [-0.4, -0.2) is 77.5 Å². The molecule has 0 unspecified atom stereocenters. The molecule has 9 nitrogen and oxygen atoms in total. The highest BCUT2D eigenvalue weighted by Gasteiger charge is 2.33. The molecule has 9 heteroatoms. The Balaban J connectivity index is 1.35. The molecule has 6 rings (SSSR count). The van der Waals surface area contributed by atoms with E-state index in [1.54, 1.807) is 4.90 Å². The summed E-state index contributed by atoms with van der Waals surface area (Å²) in [6.45, 7) is 9.86. The lowest BCUT2D eigenvalue weighted by Gasteiger charge is -2.42. The Bertz CT molecular complexity index is 1650. The number of benzene rings is 2. The third kappa shape index (κ3) is 5.74. The van der Waals surface area contributed by atoms with E-state index in [2.05, 4.69) is 89.7 Å². The second kappa shape index (κ2) is 12.3. The maximum Gasteiger partial charge on any atom is 0.333 e. The zero-order valence-corrected chi connectivity index (χ0v) is 24.9. The molecule has 3 aliphatic heterocycles. The Morgan fingerprint density at radius 3 is 2.74 bits per heavy atom. The first-order valence-electron chi connectivity index (χ1n) is 15.0. The standard InChI is InChI=1S/C34H37N7O2/c1-4-31(42)41-20-19-40(22-27(41)13-16-35)33-28-14-18-39(30-12-6-10-25-9-5-8-24(2)32(25)30)23-29(28)36-34(37-33)43-21-15-26-11-7-17-38(26)3/h4-6,8-10,12,26-27H,1,7,11,13-14,17-20,22-23H2,2-3H3/t26-,27-/m0/s1. The van der Waals surface area contributed by atoms with E-state index in [1.165, 1.54) is 28.1 Å². The number of nitriles is 1. The minimum atomic E-state index is -0.254. The smallest absolute Gasteiger partial charge is 0.333 e. The molecule has 0 saturated carbocycles. The Morgan fingerprint density at radius 2 is 1.98 bits per heavy atom. The number of hydrogen-bond donors (Lipinski definition) is 0. The van der Waals surface area contributed by atoms with Crippen LogP contribution < -0.4 is 14.5 Å². The summed E-state index contributed by atoms with van der Waals surface area (Å²) < 4.78 is 5.91. The van der Waals surface area contributed by atoms with Gasteiger partial charge in [0.25, 0.3) is 0 Å². The molecule has 2 fully saturated rings. The number of aromatic nitrogens is 2. The number of piperazine rings is 1. The van der Waals surface area contributed by atoms with Gasteiger partial charge in [0.2, 0.25) is 5.91 Å². The van der Waals surface area contributed by atoms with Gasteiger partial charge in [0.15, 0.2) is 0 Å². The number of rotatable bonds is 5. The van der Waals surface area contributed by atoms with E-state index in [9.17, 15) is 10.1 Å². The molecular formula is C34H37N7O2. The first kappa shape index (κ1) is 28.5. The lowest BCUT2D eigenvalue weighted by molar-refractivity contribution is -0.128. The number of carbonyl (C=O) groups excluding carboxylic acids is 1. The van der Waals surface area contributed by atoms with Crippen molar-refractivity contribution in [1.82, 2.24) is 19.8 Å². The Kier molecular flexibility index (Phi) is 8.18. The molecular weight excluding hydrogens is 538 g/mol. The summed E-state index contributed by atoms with van der Waals surface area (Å²) in [5.74, 6) is 3.88. The van der Waals surface area contributed by atoms with Gasteiger partial charge in [0, 0.05) is 42.8 Å². The maximum atomic E-state index is 12.5. The fourth-order valence-electron chi connectivity index (χ4n) is 6.64. The molecule has 2 atom stereocenters. The molecule has 0 spiro atoms. The Morgan fingerprint density at radius 1 is 1.14 bits per heavy atom. The summed E-state index contributed by atoms with van der Waals surface area (Å²) in [5.41, 5.74) is 4.44. The van der Waals surface area contributed by atoms with E-state index in [0.29, 0.717) is 26.2 Å². The molecule has 4 heterocycles. The van der Waals surface area contributed by atoms with Gasteiger partial charge in [-0.3, -0.25) is 9.69 Å². The number of fused-ring (bicyclic) bond motifs is 2. The van der Waals surface area contributed by atoms with Crippen LogP contribution in [0.15, 0.2) is 49.1 Å². The molecule has 0 aliphatic carbocycles. The van der Waals surface area contributed by atoms with Crippen LogP contribution in [0.25, 0.3) is 10.8 Å². The SMILES string of the molecule is C=CC(=O)N1CCN(c2nc(OC#C[C@@H]3CCCN3C)nc3c2CCN(c2cccc4cccc(C)c24)C3)C[C@@H]1CC#N. The molecule has 220 valence electrons. The van der Waals surface area contributed by atoms with Crippen molar-refractivity contribution in [3.05, 3.63) is 65.9 Å². The van der Waals surface area contributed by atoms with Crippen molar-refractivity contribution >= 4 is 28.2 Å². The lowest BCUT2D eigenvalue weighted by atomic mass is 9.99. The summed E-state index contributed by atoms with van der Waals surface area (Å²) in [5, 5.41) is 12.0. The summed E-state index contributed by atoms with van der Waals surface area (Å²) in [4.78, 5) is 30.9. The zero-order chi connectivity index (χ0) is 29.9. The largest absolute Gasteiger partial charge is 0.370 e. The van der Waals surface area contributed by atoms with Crippen LogP contribution in [0.1, 0.15) is 36.1 Å². The van der Waals surface area contributed by atoms with Gasteiger partial charge in [-0.2, -0.15) is 15.2 Å². The summed E-state index contributed by atoms with van der Waals surface area (Å²) >= 11 is 0. The van der Waals surface area contributed by atoms with Gasteiger partial charge in [-0.15, -0.1) is 0 Å². The second-order valence-corrected chi connectivity index (χ2v) is 11.6. The van der Waals surface area contributed by atoms with Crippen molar-refractivity contribution < 1.29 is 9.53 Å². The summed E-state index contributed by atoms with van der Waals surface area (Å²) in [6.07, 6.45) is 7.36. The van der Waals surface area contributed by atoms with Crippen LogP contribution >= 0.6 is 0 Å². The van der Waals surface area contributed by atoms with Crippen LogP contribution in [-0.2, 0) is 17.8 Å². The third-order valence-electron chi connectivity index (χ3n) is 8.91. The summed E-state index contributed by atoms with van der Waals surface area (Å²) in [6, 6.07) is 15.3. The number of likely N-dealkylation sites (tertiary alicyclic amines) is 1. The number of carbonyl (C=O) groups is 1. The van der Waals surface area contributed by atoms with Gasteiger partial charge in [-0.1, -0.05) is 36.9 Å². The lowest BCUT2D eigenvalue weighted by Crippen LogP contribution is -2.55. The van der Waals surface area contributed by atoms with E-state index in [4.69, 9.17) is 14.7 Å². The molecule has 0 radical (unpaired) electrons. The highest BCUT2D eigenvalue weighted by atomic mass is 16.5. The van der Waals surface area contributed by atoms with Gasteiger partial charge in [-0.25, -0.2) is 0 Å². The Hall–Kier alpha value is -4.60. The van der Waals surface area contributed by atoms with Gasteiger partial charge >= 0.3 is 6.01 Å². The van der Waals surface area contributed by atoms with Gasteiger partial charge < -0.3 is 19.4 Å². The normalized spacial score (nSPS) is 20.3. The maximum absolute atomic E-state index is 12.5. The minimum absolute atomic E-state index is 0.151. The third-order valence-corrected chi connectivity index (χ3v) is 8.91. The molecule has 2 saturated heterocycles. The van der Waals surface area contributed by atoms with Crippen molar-refractivity contribution in [2.75, 3.05) is 49.6 Å². The van der Waals surface area contributed by atoms with Crippen LogP contribution in [0.4, 0.5) is 11.5 Å². The van der Waals surface area contributed by atoms with Crippen molar-refractivity contribution in [3.8, 4) is 24.1 Å². The molecule has 2 aromatic carbocycles. The molecule has 3 aromatic rings. The minimum Gasteiger partial charge on any atom is -0.370 e. The molecule has 1 aromatic heterocycles. The number of amides is 1. The van der Waals surface area contributed by atoms with Crippen LogP contribution in [0, 0.1) is 30.3 Å². The van der Waals surface area contributed by atoms with Crippen molar-refractivity contribution in [1.29, 1.82) is 5.26 Å². The average Bonchev–Trinajstić information content (AvgIpc) is 3.44. The van der Waals surface area contributed by atoms with E-state index < -0.39 is 0 Å². The van der Waals surface area contributed by atoms with Gasteiger partial charge in [-0.05, 0) is 68.8 Å². The topological polar surface area (TPSA) is 88.8 Å². The number of hydrogen-bond acceptors (Lipinski definition) is 8. The average molecular weight is 576 g/mol. The predicted octanol–water partition coefficient (Wildman–Crippen LogP) is 4.05. The molecule has 0 bridgehead atoms. The molecule has 0 N–H and O–H groups in total. The van der Waals surface area contributed by atoms with Crippen molar-refractivity contribution in [2.24, 2.45) is 0 Å². The van der Waals surface area contributed by atoms with E-state index in [0.717, 1.165) is 49.4 Å². The molecule has 1 amide bonds. The fraction of sp³-hybridized carbons (Fsp3) is 0.412. The van der Waals surface area contributed by atoms with Crippen LogP contribution in [0.2, 0.25) is 0 Å². The predicted molar refractivity (Wildman–Crippen MR) is 168 cm³/mol. The first-order valence-corrected chi connectivity index (χ1v) is 15.0. The first-order chi connectivity index (χ1) is 21.0. The second-order valence-electron chi connectivity index (χ2n) is 11.6. The monoisotopic (exact) mass is 575 g/mol. The molecule has 43 heavy (non-hydrogen) atoms. The van der Waals surface area contributed by atoms with Gasteiger partial charge in [0.05, 0.1) is 36.8 Å². The van der Waals surface area contributed by atoms with E-state index in [1.807, 2.05) is 0 Å². The van der Waals surface area contributed by atoms with Crippen molar-refractivity contribution in [3.63, 3.8) is 0 Å². The van der Waals surface area contributed by atoms with E-state index in [-0.39, 0.29) is 30.4 Å². The van der Waals surface area contributed by atoms with Crippen LogP contribution in [0.5, 0.6) is 6.01 Å². The quantitative estimate of drug-likeness (QED) is 0.333. The number of ether oxygens (including phenoxy) is 1. The van der Waals surface area contributed by atoms with E-state index >= 15 is 0 Å².